The summed E-state index contributed by atoms with van der Waals surface area (Å²) < 4.78 is 5.93. The van der Waals surface area contributed by atoms with Gasteiger partial charge in [0, 0.05) is 0 Å². The Morgan fingerprint density at radius 1 is 1.29 bits per heavy atom. The monoisotopic (exact) mass is 190 g/mol. The van der Waals surface area contributed by atoms with Gasteiger partial charge in [-0.05, 0) is 30.9 Å². The fourth-order valence-electron chi connectivity index (χ4n) is 2.51. The third kappa shape index (κ3) is 1.19. The third-order valence-corrected chi connectivity index (χ3v) is 3.16. The average molecular weight is 190 g/mol. The van der Waals surface area contributed by atoms with Crippen molar-refractivity contribution in [2.45, 2.75) is 45.3 Å². The Kier molecular flexibility index (Phi) is 2.36. The number of ether oxygens (including phenoxy) is 1. The van der Waals surface area contributed by atoms with Gasteiger partial charge in [0.1, 0.15) is 0 Å². The second-order valence-electron chi connectivity index (χ2n) is 3.96. The van der Waals surface area contributed by atoms with Crippen molar-refractivity contribution < 1.29 is 4.74 Å². The summed E-state index contributed by atoms with van der Waals surface area (Å²) in [5.41, 5.74) is 2.88. The second-order valence-corrected chi connectivity index (χ2v) is 3.96. The van der Waals surface area contributed by atoms with Crippen LogP contribution in [-0.4, -0.2) is 0 Å². The van der Waals surface area contributed by atoms with E-state index in [2.05, 4.69) is 31.2 Å². The van der Waals surface area contributed by atoms with Crippen LogP contribution in [0.15, 0.2) is 24.3 Å². The molecule has 14 heavy (non-hydrogen) atoms. The van der Waals surface area contributed by atoms with Crippen molar-refractivity contribution >= 4 is 0 Å². The molecule has 2 heterocycles. The number of hydrogen-bond acceptors (Lipinski definition) is 1. The van der Waals surface area contributed by atoms with Crippen molar-refractivity contribution in [1.82, 2.24) is 0 Å². The van der Waals surface area contributed by atoms with Crippen LogP contribution in [0.5, 0.6) is 0 Å². The highest BCUT2D eigenvalue weighted by Crippen LogP contribution is 2.54. The van der Waals surface area contributed by atoms with Crippen molar-refractivity contribution in [3.8, 4) is 0 Å². The highest BCUT2D eigenvalue weighted by molar-refractivity contribution is 5.39. The molecule has 2 atom stereocenters. The summed E-state index contributed by atoms with van der Waals surface area (Å²) in [7, 11) is 0. The van der Waals surface area contributed by atoms with E-state index in [1.165, 1.54) is 24.0 Å². The van der Waals surface area contributed by atoms with E-state index in [9.17, 15) is 0 Å². The molecule has 1 aromatic rings. The molecule has 3 rings (SSSR count). The summed E-state index contributed by atoms with van der Waals surface area (Å²) >= 11 is 0. The fourth-order valence-corrected chi connectivity index (χ4v) is 2.51. The number of rotatable bonds is 0. The predicted octanol–water partition coefficient (Wildman–Crippen LogP) is 3.79. The smallest absolute Gasteiger partial charge is 0.0916 e. The van der Waals surface area contributed by atoms with Gasteiger partial charge in [0.25, 0.3) is 0 Å². The number of fused-ring (bicyclic) bond motifs is 5. The van der Waals surface area contributed by atoms with Crippen LogP contribution in [0, 0.1) is 0 Å². The SMILES string of the molecule is CC.CC12CCC(O1)c1ccccc12. The van der Waals surface area contributed by atoms with Gasteiger partial charge < -0.3 is 4.74 Å². The molecule has 0 radical (unpaired) electrons. The molecule has 1 saturated heterocycles. The lowest BCUT2D eigenvalue weighted by atomic mass is 9.84. The maximum atomic E-state index is 5.93. The van der Waals surface area contributed by atoms with Gasteiger partial charge in [-0.3, -0.25) is 0 Å². The van der Waals surface area contributed by atoms with Crippen LogP contribution in [0.2, 0.25) is 0 Å². The summed E-state index contributed by atoms with van der Waals surface area (Å²) in [6, 6.07) is 8.61. The van der Waals surface area contributed by atoms with E-state index in [4.69, 9.17) is 4.74 Å². The number of hydrogen-bond donors (Lipinski definition) is 0. The molecule has 0 amide bonds. The molecule has 2 aliphatic rings. The van der Waals surface area contributed by atoms with Gasteiger partial charge >= 0.3 is 0 Å². The second kappa shape index (κ2) is 3.39. The first-order chi connectivity index (χ1) is 6.80. The summed E-state index contributed by atoms with van der Waals surface area (Å²) in [4.78, 5) is 0. The van der Waals surface area contributed by atoms with Gasteiger partial charge in [-0.1, -0.05) is 38.1 Å². The van der Waals surface area contributed by atoms with Crippen LogP contribution in [0.4, 0.5) is 0 Å². The molecule has 0 N–H and O–H groups in total. The summed E-state index contributed by atoms with van der Waals surface area (Å²) in [5, 5.41) is 0. The van der Waals surface area contributed by atoms with Crippen LogP contribution >= 0.6 is 0 Å². The molecule has 2 unspecified atom stereocenters. The lowest BCUT2D eigenvalue weighted by Gasteiger charge is -2.20. The standard InChI is InChI=1S/C11H12O.C2H6/c1-11-7-6-10(12-11)8-4-2-3-5-9(8)11;1-2/h2-5,10H,6-7H2,1H3;1-2H3. The van der Waals surface area contributed by atoms with E-state index >= 15 is 0 Å². The molecule has 0 saturated carbocycles. The first-order valence-electron chi connectivity index (χ1n) is 5.57. The maximum absolute atomic E-state index is 5.93. The molecule has 1 fully saturated rings. The van der Waals surface area contributed by atoms with E-state index in [0.29, 0.717) is 6.10 Å². The van der Waals surface area contributed by atoms with E-state index in [0.717, 1.165) is 0 Å². The Morgan fingerprint density at radius 3 is 2.71 bits per heavy atom. The molecular formula is C13H18O. The largest absolute Gasteiger partial charge is 0.363 e. The molecule has 1 aromatic carbocycles. The highest BCUT2D eigenvalue weighted by Gasteiger charge is 2.46. The number of benzene rings is 1. The predicted molar refractivity (Wildman–Crippen MR) is 58.2 cm³/mol. The molecule has 0 aliphatic carbocycles. The van der Waals surface area contributed by atoms with Gasteiger partial charge in [-0.2, -0.15) is 0 Å². The van der Waals surface area contributed by atoms with Gasteiger partial charge in [-0.25, -0.2) is 0 Å². The highest BCUT2D eigenvalue weighted by atomic mass is 16.5. The molecule has 76 valence electrons. The molecular weight excluding hydrogens is 172 g/mol. The molecule has 1 nitrogen and oxygen atoms in total. The van der Waals surface area contributed by atoms with Crippen LogP contribution in [0.3, 0.4) is 0 Å². The maximum Gasteiger partial charge on any atom is 0.0916 e. The van der Waals surface area contributed by atoms with Crippen LogP contribution in [0.1, 0.15) is 50.8 Å². The van der Waals surface area contributed by atoms with Crippen molar-refractivity contribution in [3.05, 3.63) is 35.4 Å². The summed E-state index contributed by atoms with van der Waals surface area (Å²) in [6.45, 7) is 6.21. The van der Waals surface area contributed by atoms with Crippen molar-refractivity contribution in [2.75, 3.05) is 0 Å². The van der Waals surface area contributed by atoms with Gasteiger partial charge in [0.2, 0.25) is 0 Å². The lowest BCUT2D eigenvalue weighted by Crippen LogP contribution is -2.16. The minimum absolute atomic E-state index is 0.0429. The summed E-state index contributed by atoms with van der Waals surface area (Å²) in [6.07, 6.45) is 2.79. The fraction of sp³-hybridized carbons (Fsp3) is 0.538. The third-order valence-electron chi connectivity index (χ3n) is 3.16. The minimum atomic E-state index is 0.0429. The van der Waals surface area contributed by atoms with Crippen LogP contribution in [-0.2, 0) is 10.3 Å². The summed E-state index contributed by atoms with van der Waals surface area (Å²) in [5.74, 6) is 0. The molecule has 0 aromatic heterocycles. The van der Waals surface area contributed by atoms with Crippen LogP contribution in [0.25, 0.3) is 0 Å². The minimum Gasteiger partial charge on any atom is -0.363 e. The molecule has 2 bridgehead atoms. The Balaban J connectivity index is 0.000000354. The van der Waals surface area contributed by atoms with Crippen molar-refractivity contribution in [2.24, 2.45) is 0 Å². The van der Waals surface area contributed by atoms with Crippen molar-refractivity contribution in [3.63, 3.8) is 0 Å². The zero-order valence-electron chi connectivity index (χ0n) is 9.21. The quantitative estimate of drug-likeness (QED) is 0.604. The Labute approximate surface area is 86.1 Å². The Bertz CT molecular complexity index is 332. The van der Waals surface area contributed by atoms with E-state index in [1.54, 1.807) is 0 Å². The zero-order valence-corrected chi connectivity index (χ0v) is 9.21. The van der Waals surface area contributed by atoms with E-state index < -0.39 is 0 Å². The topological polar surface area (TPSA) is 9.23 Å². The molecule has 0 spiro atoms. The average Bonchev–Trinajstić information content (AvgIpc) is 2.76. The Morgan fingerprint density at radius 2 is 2.00 bits per heavy atom. The van der Waals surface area contributed by atoms with E-state index in [1.807, 2.05) is 13.8 Å². The zero-order chi connectivity index (χ0) is 10.2. The van der Waals surface area contributed by atoms with Crippen LogP contribution < -0.4 is 0 Å². The lowest BCUT2D eigenvalue weighted by molar-refractivity contribution is -0.00700. The normalized spacial score (nSPS) is 32.1. The van der Waals surface area contributed by atoms with Crippen molar-refractivity contribution in [1.29, 1.82) is 0 Å². The Hall–Kier alpha value is -0.820. The first kappa shape index (κ1) is 9.72. The first-order valence-corrected chi connectivity index (χ1v) is 5.57. The van der Waals surface area contributed by atoms with Gasteiger partial charge in [-0.15, -0.1) is 0 Å². The van der Waals surface area contributed by atoms with E-state index in [-0.39, 0.29) is 5.60 Å². The van der Waals surface area contributed by atoms with Gasteiger partial charge in [0.05, 0.1) is 11.7 Å². The molecule has 2 aliphatic heterocycles. The van der Waals surface area contributed by atoms with Gasteiger partial charge in [0.15, 0.2) is 0 Å². The molecule has 1 heteroatoms.